The minimum atomic E-state index is -0.485. The van der Waals surface area contributed by atoms with E-state index in [1.54, 1.807) is 0 Å². The third-order valence-electron chi connectivity index (χ3n) is 4.90. The summed E-state index contributed by atoms with van der Waals surface area (Å²) in [7, 11) is 0.628. The van der Waals surface area contributed by atoms with Gasteiger partial charge in [0.1, 0.15) is 5.78 Å². The second-order valence-corrected chi connectivity index (χ2v) is 19.5. The summed E-state index contributed by atoms with van der Waals surface area (Å²) in [5.74, 6) is 0.318. The van der Waals surface area contributed by atoms with Gasteiger partial charge in [0.15, 0.2) is 0 Å². The first-order valence-electron chi connectivity index (χ1n) is 9.89. The fourth-order valence-corrected chi connectivity index (χ4v) is 3.18. The molecule has 2 fully saturated rings. The Morgan fingerprint density at radius 1 is 0.900 bits per heavy atom. The molecular weight excluding hydrogens is 645 g/mol. The van der Waals surface area contributed by atoms with Gasteiger partial charge in [-0.2, -0.15) is 0 Å². The van der Waals surface area contributed by atoms with Crippen LogP contribution in [0, 0.1) is 0 Å². The number of ketones is 1. The summed E-state index contributed by atoms with van der Waals surface area (Å²) in [4.78, 5) is 10.6. The predicted octanol–water partition coefficient (Wildman–Crippen LogP) is 5.82. The van der Waals surface area contributed by atoms with Gasteiger partial charge in [0, 0.05) is 25.7 Å². The van der Waals surface area contributed by atoms with Gasteiger partial charge in [0.2, 0.25) is 0 Å². The average molecular weight is 673 g/mol. The summed E-state index contributed by atoms with van der Waals surface area (Å²) >= 11 is 4.74. The summed E-state index contributed by atoms with van der Waals surface area (Å²) in [6, 6.07) is 20.1. The molecule has 2 aromatic rings. The number of hydrogen-bond donors (Lipinski definition) is 1. The first-order valence-corrected chi connectivity index (χ1v) is 18.9. The summed E-state index contributed by atoms with van der Waals surface area (Å²) in [6.07, 6.45) is 3.15. The normalized spacial score (nSPS) is 22.4. The van der Waals surface area contributed by atoms with E-state index in [1.165, 1.54) is 11.1 Å². The Balaban J connectivity index is 0.000000190. The van der Waals surface area contributed by atoms with E-state index in [-0.39, 0.29) is 12.2 Å². The first kappa shape index (κ1) is 26.3. The molecular formula is C23H28I2O4V. The van der Waals surface area contributed by atoms with Crippen LogP contribution < -0.4 is 0 Å². The van der Waals surface area contributed by atoms with Gasteiger partial charge in [-0.25, -0.2) is 0 Å². The quantitative estimate of drug-likeness (QED) is 0.393. The van der Waals surface area contributed by atoms with Gasteiger partial charge in [0.05, 0.1) is 31.0 Å². The fourth-order valence-electron chi connectivity index (χ4n) is 3.18. The molecule has 4 rings (SSSR count). The SMILES string of the molecule is CC1(O)CC(OCc2ccccc2)C1.O=C1CC(OCc2ccccc2)C1.[I][V][I]. The van der Waals surface area contributed by atoms with Crippen molar-refractivity contribution in [3.05, 3.63) is 71.8 Å². The third-order valence-corrected chi connectivity index (χ3v) is 4.90. The molecule has 0 radical (unpaired) electrons. The molecule has 7 heteroatoms. The van der Waals surface area contributed by atoms with Crippen molar-refractivity contribution in [1.82, 2.24) is 0 Å². The fraction of sp³-hybridized carbons (Fsp3) is 0.435. The van der Waals surface area contributed by atoms with Crippen LogP contribution in [0.15, 0.2) is 60.7 Å². The van der Waals surface area contributed by atoms with E-state index in [9.17, 15) is 9.90 Å². The number of carbonyl (C=O) groups is 1. The van der Waals surface area contributed by atoms with Crippen molar-refractivity contribution in [2.24, 2.45) is 0 Å². The summed E-state index contributed by atoms with van der Waals surface area (Å²) in [5, 5.41) is 9.50. The minimum absolute atomic E-state index is 0.174. The molecule has 4 nitrogen and oxygen atoms in total. The summed E-state index contributed by atoms with van der Waals surface area (Å²) in [6.45, 7) is 3.13. The third kappa shape index (κ3) is 10.6. The molecule has 0 saturated heterocycles. The van der Waals surface area contributed by atoms with E-state index >= 15 is 0 Å². The molecule has 0 heterocycles. The van der Waals surface area contributed by atoms with Crippen molar-refractivity contribution in [2.45, 2.75) is 63.6 Å². The van der Waals surface area contributed by atoms with E-state index < -0.39 is 5.60 Å². The Morgan fingerprint density at radius 3 is 1.67 bits per heavy atom. The molecule has 0 amide bonds. The van der Waals surface area contributed by atoms with Crippen molar-refractivity contribution in [1.29, 1.82) is 0 Å². The van der Waals surface area contributed by atoms with E-state index in [2.05, 4.69) is 52.1 Å². The van der Waals surface area contributed by atoms with Gasteiger partial charge in [-0.05, 0) is 18.1 Å². The van der Waals surface area contributed by atoms with Gasteiger partial charge >= 0.3 is 49.4 Å². The van der Waals surface area contributed by atoms with E-state index in [4.69, 9.17) is 9.47 Å². The van der Waals surface area contributed by atoms with Gasteiger partial charge in [0.25, 0.3) is 0 Å². The number of halogens is 2. The monoisotopic (exact) mass is 673 g/mol. The molecule has 0 aromatic heterocycles. The number of ether oxygens (including phenoxy) is 2. The molecule has 1 N–H and O–H groups in total. The zero-order valence-electron chi connectivity index (χ0n) is 17.0. The predicted molar refractivity (Wildman–Crippen MR) is 132 cm³/mol. The number of rotatable bonds is 6. The average Bonchev–Trinajstić information content (AvgIpc) is 2.70. The van der Waals surface area contributed by atoms with Crippen molar-refractivity contribution < 1.29 is 28.8 Å². The van der Waals surface area contributed by atoms with Crippen LogP contribution in [0.25, 0.3) is 0 Å². The molecule has 30 heavy (non-hydrogen) atoms. The van der Waals surface area contributed by atoms with Crippen molar-refractivity contribution in [3.8, 4) is 0 Å². The van der Waals surface area contributed by atoms with Crippen LogP contribution in [0.5, 0.6) is 0 Å². The van der Waals surface area contributed by atoms with Gasteiger partial charge in [-0.3, -0.25) is 4.79 Å². The number of carbonyl (C=O) groups excluding carboxylic acids is 1. The Morgan fingerprint density at radius 2 is 1.30 bits per heavy atom. The molecule has 0 spiro atoms. The summed E-state index contributed by atoms with van der Waals surface area (Å²) < 4.78 is 11.2. The maximum absolute atomic E-state index is 10.6. The van der Waals surface area contributed by atoms with Crippen LogP contribution in [0.4, 0.5) is 0 Å². The number of hydrogen-bond acceptors (Lipinski definition) is 4. The molecule has 0 bridgehead atoms. The van der Waals surface area contributed by atoms with Crippen LogP contribution in [-0.4, -0.2) is 28.7 Å². The van der Waals surface area contributed by atoms with Crippen molar-refractivity contribution >= 4 is 45.7 Å². The Bertz CT molecular complexity index is 727. The van der Waals surface area contributed by atoms with Crippen LogP contribution >= 0.6 is 40.0 Å². The number of aliphatic hydroxyl groups is 1. The molecule has 0 aliphatic heterocycles. The van der Waals surface area contributed by atoms with Crippen LogP contribution in [0.1, 0.15) is 43.7 Å². The molecule has 2 aliphatic rings. The molecule has 2 aliphatic carbocycles. The van der Waals surface area contributed by atoms with Crippen LogP contribution in [0.2, 0.25) is 0 Å². The number of benzene rings is 2. The first-order chi connectivity index (χ1) is 14.4. The Kier molecular flexibility index (Phi) is 12.5. The van der Waals surface area contributed by atoms with Gasteiger partial charge in [-0.1, -0.05) is 60.7 Å². The van der Waals surface area contributed by atoms with Gasteiger partial charge in [-0.15, -0.1) is 0 Å². The molecule has 2 saturated carbocycles. The maximum atomic E-state index is 10.6. The van der Waals surface area contributed by atoms with Crippen LogP contribution in [0.3, 0.4) is 0 Å². The standard InChI is InChI=1S/C12H16O2.C11H12O2.2HI.V/c1-12(13)7-11(8-12)14-9-10-5-3-2-4-6-10;12-10-6-11(7-10)13-8-9-4-2-1-3-5-9;;;/h2-6,11,13H,7-9H2,1H3;1-5,11H,6-8H2;2*1H;/q;;;;+2/p-2. The Hall–Kier alpha value is 0.0344. The number of Topliss-reactive ketones (excluding diaryl/α,β-unsaturated/α-hetero) is 1. The van der Waals surface area contributed by atoms with Crippen molar-refractivity contribution in [2.75, 3.05) is 0 Å². The van der Waals surface area contributed by atoms with E-state index in [0.29, 0.717) is 41.3 Å². The van der Waals surface area contributed by atoms with Crippen LogP contribution in [-0.2, 0) is 36.9 Å². The summed E-state index contributed by atoms with van der Waals surface area (Å²) in [5.41, 5.74) is 1.88. The second-order valence-electron chi connectivity index (χ2n) is 7.75. The Labute approximate surface area is 208 Å². The van der Waals surface area contributed by atoms with E-state index in [0.717, 1.165) is 12.8 Å². The second kappa shape index (κ2) is 14.2. The van der Waals surface area contributed by atoms with Gasteiger partial charge < -0.3 is 14.6 Å². The molecule has 0 unspecified atom stereocenters. The molecule has 2 aromatic carbocycles. The zero-order valence-corrected chi connectivity index (χ0v) is 22.8. The molecule has 163 valence electrons. The topological polar surface area (TPSA) is 55.8 Å². The van der Waals surface area contributed by atoms with E-state index in [1.807, 2.05) is 55.5 Å². The molecule has 0 atom stereocenters. The van der Waals surface area contributed by atoms with Crippen molar-refractivity contribution in [3.63, 3.8) is 0 Å². The zero-order chi connectivity index (χ0) is 21.8.